The summed E-state index contributed by atoms with van der Waals surface area (Å²) in [5, 5.41) is 16.9. The van der Waals surface area contributed by atoms with E-state index in [1.165, 1.54) is 11.3 Å². The zero-order valence-electron chi connectivity index (χ0n) is 21.4. The minimum Gasteiger partial charge on any atom is -0.446 e. The van der Waals surface area contributed by atoms with Gasteiger partial charge in [0, 0.05) is 24.6 Å². The van der Waals surface area contributed by atoms with Crippen molar-refractivity contribution in [2.45, 2.75) is 70.4 Å². The Balaban J connectivity index is 1.72. The molecule has 1 aromatic heterocycles. The molecule has 37 heavy (non-hydrogen) atoms. The third kappa shape index (κ3) is 10.6. The molecule has 3 N–H and O–H groups in total. The Morgan fingerprint density at radius 3 is 2.16 bits per heavy atom. The molecule has 0 saturated heterocycles. The second-order valence-corrected chi connectivity index (χ2v) is 10.9. The molecule has 0 aliphatic rings. The molecule has 0 radical (unpaired) electrons. The first-order valence-corrected chi connectivity index (χ1v) is 13.1. The number of aliphatic hydroxyl groups is 1. The molecule has 3 aromatic rings. The van der Waals surface area contributed by atoms with Crippen LogP contribution in [-0.2, 0) is 28.9 Å². The molecule has 2 aromatic carbocycles. The Hall–Kier alpha value is -3.43. The number of amides is 2. The Kier molecular flexibility index (Phi) is 10.5. The molecule has 0 aliphatic heterocycles. The normalized spacial score (nSPS) is 13.7. The molecule has 0 bridgehead atoms. The van der Waals surface area contributed by atoms with Gasteiger partial charge in [0.25, 0.3) is 0 Å². The summed E-state index contributed by atoms with van der Waals surface area (Å²) in [7, 11) is 0. The summed E-state index contributed by atoms with van der Waals surface area (Å²) < 4.78 is 11.1. The molecule has 3 rings (SSSR count). The summed E-state index contributed by atoms with van der Waals surface area (Å²) in [4.78, 5) is 30.0. The molecule has 0 aliphatic carbocycles. The highest BCUT2D eigenvalue weighted by Crippen LogP contribution is 2.17. The van der Waals surface area contributed by atoms with Gasteiger partial charge in [-0.2, -0.15) is 0 Å². The van der Waals surface area contributed by atoms with E-state index in [0.29, 0.717) is 12.8 Å². The highest BCUT2D eigenvalue weighted by Gasteiger charge is 2.28. The first kappa shape index (κ1) is 28.1. The molecule has 1 heterocycles. The van der Waals surface area contributed by atoms with E-state index in [0.717, 1.165) is 16.0 Å². The van der Waals surface area contributed by atoms with Crippen LogP contribution < -0.4 is 10.6 Å². The largest absolute Gasteiger partial charge is 0.446 e. The van der Waals surface area contributed by atoms with E-state index in [2.05, 4.69) is 15.6 Å². The number of carbonyl (C=O) groups excluding carboxylic acids is 2. The summed E-state index contributed by atoms with van der Waals surface area (Å²) in [6.07, 6.45) is -0.258. The van der Waals surface area contributed by atoms with Crippen LogP contribution in [0.5, 0.6) is 0 Å². The lowest BCUT2D eigenvalue weighted by Gasteiger charge is -2.29. The van der Waals surface area contributed by atoms with Crippen molar-refractivity contribution >= 4 is 23.5 Å². The lowest BCUT2D eigenvalue weighted by molar-refractivity contribution is 0.0344. The van der Waals surface area contributed by atoms with E-state index in [1.54, 1.807) is 11.7 Å². The minimum atomic E-state index is -1.01. The summed E-state index contributed by atoms with van der Waals surface area (Å²) in [6.45, 7) is 5.70. The van der Waals surface area contributed by atoms with Gasteiger partial charge in [-0.3, -0.25) is 4.98 Å². The van der Waals surface area contributed by atoms with Crippen LogP contribution in [0.4, 0.5) is 9.59 Å². The van der Waals surface area contributed by atoms with Crippen LogP contribution in [0.2, 0.25) is 0 Å². The second kappa shape index (κ2) is 13.8. The summed E-state index contributed by atoms with van der Waals surface area (Å²) >= 11 is 1.39. The minimum absolute atomic E-state index is 0.0946. The first-order valence-electron chi connectivity index (χ1n) is 12.2. The number of aromatic nitrogens is 1. The third-order valence-electron chi connectivity index (χ3n) is 5.46. The van der Waals surface area contributed by atoms with Crippen molar-refractivity contribution in [3.8, 4) is 0 Å². The summed E-state index contributed by atoms with van der Waals surface area (Å²) in [5.41, 5.74) is 3.12. The van der Waals surface area contributed by atoms with Gasteiger partial charge in [0.15, 0.2) is 0 Å². The molecular weight excluding hydrogens is 490 g/mol. The fourth-order valence-corrected chi connectivity index (χ4v) is 4.27. The maximum absolute atomic E-state index is 12.6. The first-order chi connectivity index (χ1) is 17.7. The van der Waals surface area contributed by atoms with E-state index in [9.17, 15) is 14.7 Å². The molecular formula is C28H35N3O5S. The van der Waals surface area contributed by atoms with E-state index in [-0.39, 0.29) is 13.0 Å². The zero-order chi connectivity index (χ0) is 26.7. The van der Waals surface area contributed by atoms with Gasteiger partial charge in [-0.15, -0.1) is 11.3 Å². The van der Waals surface area contributed by atoms with Gasteiger partial charge in [-0.25, -0.2) is 9.59 Å². The van der Waals surface area contributed by atoms with Crippen LogP contribution >= 0.6 is 11.3 Å². The van der Waals surface area contributed by atoms with Gasteiger partial charge >= 0.3 is 12.2 Å². The van der Waals surface area contributed by atoms with Gasteiger partial charge in [0.1, 0.15) is 12.7 Å². The van der Waals surface area contributed by atoms with E-state index >= 15 is 0 Å². The van der Waals surface area contributed by atoms with Crippen molar-refractivity contribution in [2.24, 2.45) is 0 Å². The molecule has 8 nitrogen and oxygen atoms in total. The monoisotopic (exact) mass is 525 g/mol. The average molecular weight is 526 g/mol. The van der Waals surface area contributed by atoms with Crippen molar-refractivity contribution in [3.05, 3.63) is 88.4 Å². The fraction of sp³-hybridized carbons (Fsp3) is 0.393. The lowest BCUT2D eigenvalue weighted by Crippen LogP contribution is -2.47. The van der Waals surface area contributed by atoms with Crippen LogP contribution in [0, 0.1) is 0 Å². The van der Waals surface area contributed by atoms with E-state index in [4.69, 9.17) is 9.47 Å². The molecule has 2 amide bonds. The van der Waals surface area contributed by atoms with Crippen molar-refractivity contribution in [2.75, 3.05) is 0 Å². The molecule has 0 spiro atoms. The predicted octanol–water partition coefficient (Wildman–Crippen LogP) is 4.87. The molecule has 0 fully saturated rings. The molecule has 9 heteroatoms. The van der Waals surface area contributed by atoms with Gasteiger partial charge in [0.2, 0.25) is 0 Å². The number of carbonyl (C=O) groups is 2. The topological polar surface area (TPSA) is 110 Å². The van der Waals surface area contributed by atoms with Crippen molar-refractivity contribution in [1.82, 2.24) is 15.6 Å². The second-order valence-electron chi connectivity index (χ2n) is 9.88. The lowest BCUT2D eigenvalue weighted by atomic mass is 9.95. The number of nitrogens with one attached hydrogen (secondary N) is 2. The Labute approximate surface area is 222 Å². The number of ether oxygens (including phenoxy) is 2. The van der Waals surface area contributed by atoms with Crippen molar-refractivity contribution < 1.29 is 24.2 Å². The number of aliphatic hydroxyl groups excluding tert-OH is 1. The van der Waals surface area contributed by atoms with Gasteiger partial charge in [0.05, 0.1) is 22.5 Å². The summed E-state index contributed by atoms with van der Waals surface area (Å²) in [5.74, 6) is 0. The van der Waals surface area contributed by atoms with Crippen LogP contribution in [0.15, 0.2) is 72.4 Å². The Bertz CT molecular complexity index is 1090. The number of hydrogen-bond acceptors (Lipinski definition) is 7. The number of thiazole rings is 1. The number of rotatable bonds is 11. The molecule has 198 valence electrons. The highest BCUT2D eigenvalue weighted by atomic mass is 32.1. The van der Waals surface area contributed by atoms with Crippen LogP contribution in [0.1, 0.15) is 43.2 Å². The number of alkyl carbamates (subject to hydrolysis) is 2. The van der Waals surface area contributed by atoms with Gasteiger partial charge < -0.3 is 25.2 Å². The fourth-order valence-electron chi connectivity index (χ4n) is 3.77. The smallest absolute Gasteiger partial charge is 0.407 e. The third-order valence-corrected chi connectivity index (χ3v) is 6.21. The molecule has 0 saturated carbocycles. The van der Waals surface area contributed by atoms with Crippen LogP contribution in [0.3, 0.4) is 0 Å². The Morgan fingerprint density at radius 2 is 1.59 bits per heavy atom. The van der Waals surface area contributed by atoms with E-state index < -0.39 is 36.0 Å². The predicted molar refractivity (Wildman–Crippen MR) is 143 cm³/mol. The quantitative estimate of drug-likeness (QED) is 0.330. The number of benzene rings is 2. The van der Waals surface area contributed by atoms with Crippen molar-refractivity contribution in [1.29, 1.82) is 0 Å². The van der Waals surface area contributed by atoms with Crippen molar-refractivity contribution in [3.63, 3.8) is 0 Å². The van der Waals surface area contributed by atoms with E-state index in [1.807, 2.05) is 81.4 Å². The maximum atomic E-state index is 12.6. The molecule has 3 atom stereocenters. The Morgan fingerprint density at radius 1 is 0.973 bits per heavy atom. The SMILES string of the molecule is CC(C)(C)NC(=O)OC(Cc1ccccc1)CC(O)C(Cc1ccccc1)NC(=O)OCc1cncs1. The zero-order valence-corrected chi connectivity index (χ0v) is 22.2. The maximum Gasteiger partial charge on any atom is 0.407 e. The summed E-state index contributed by atoms with van der Waals surface area (Å²) in [6, 6.07) is 18.5. The molecule has 3 unspecified atom stereocenters. The van der Waals surface area contributed by atoms with Crippen LogP contribution in [-0.4, -0.2) is 46.1 Å². The standard InChI is InChI=1S/C28H35N3O5S/c1-28(2,3)31-27(34)36-22(14-20-10-6-4-7-11-20)16-25(32)24(15-21-12-8-5-9-13-21)30-26(33)35-18-23-17-29-19-37-23/h4-13,17,19,22,24-25,32H,14-16,18H2,1-3H3,(H,30,33)(H,31,34). The number of hydrogen-bond donors (Lipinski definition) is 3. The van der Waals surface area contributed by atoms with Crippen LogP contribution in [0.25, 0.3) is 0 Å². The average Bonchev–Trinajstić information content (AvgIpc) is 3.36. The highest BCUT2D eigenvalue weighted by molar-refractivity contribution is 7.09. The van der Waals surface area contributed by atoms with Gasteiger partial charge in [-0.1, -0.05) is 60.7 Å². The van der Waals surface area contributed by atoms with Gasteiger partial charge in [-0.05, 0) is 38.3 Å². The number of nitrogens with zero attached hydrogens (tertiary/aromatic N) is 1.